The molecule has 1 aliphatic heterocycles. The highest BCUT2D eigenvalue weighted by molar-refractivity contribution is 7.15. The second kappa shape index (κ2) is 9.23. The van der Waals surface area contributed by atoms with Crippen LogP contribution in [0.25, 0.3) is 5.00 Å². The van der Waals surface area contributed by atoms with Crippen molar-refractivity contribution in [1.82, 2.24) is 14.8 Å². The Morgan fingerprint density at radius 1 is 1.11 bits per heavy atom. The van der Waals surface area contributed by atoms with E-state index in [1.165, 1.54) is 4.88 Å². The van der Waals surface area contributed by atoms with E-state index in [1.807, 2.05) is 60.0 Å². The van der Waals surface area contributed by atoms with Crippen LogP contribution < -0.4 is 10.1 Å². The smallest absolute Gasteiger partial charge is 0.308 e. The lowest BCUT2D eigenvalue weighted by Crippen LogP contribution is -2.21. The van der Waals surface area contributed by atoms with Crippen molar-refractivity contribution in [2.75, 3.05) is 12.4 Å². The van der Waals surface area contributed by atoms with Crippen molar-refractivity contribution < 1.29 is 14.6 Å². The van der Waals surface area contributed by atoms with Gasteiger partial charge in [-0.25, -0.2) is 0 Å². The maximum absolute atomic E-state index is 12.0. The molecule has 4 aromatic rings. The van der Waals surface area contributed by atoms with Crippen molar-refractivity contribution >= 4 is 34.4 Å². The lowest BCUT2D eigenvalue weighted by Gasteiger charge is -2.16. The van der Waals surface area contributed by atoms with Crippen LogP contribution in [0.2, 0.25) is 0 Å². The SMILES string of the molecule is COc1ccccc1Nc1ccc(C2=N[C@@H](C(C)C(=O)O)c3nnc(C)n3-c3sc(C)c(C)c32)cc1. The van der Waals surface area contributed by atoms with Crippen LogP contribution in [0.4, 0.5) is 11.4 Å². The van der Waals surface area contributed by atoms with Gasteiger partial charge in [-0.3, -0.25) is 14.4 Å². The summed E-state index contributed by atoms with van der Waals surface area (Å²) in [5.74, 6) is 0.318. The maximum Gasteiger partial charge on any atom is 0.308 e. The predicted octanol–water partition coefficient (Wildman–Crippen LogP) is 5.62. The first-order valence-electron chi connectivity index (χ1n) is 11.6. The molecule has 1 unspecified atom stereocenters. The Hall–Kier alpha value is -3.98. The summed E-state index contributed by atoms with van der Waals surface area (Å²) in [7, 11) is 1.65. The Morgan fingerprint density at radius 2 is 1.83 bits per heavy atom. The number of rotatable bonds is 6. The molecule has 0 fully saturated rings. The van der Waals surface area contributed by atoms with Gasteiger partial charge in [-0.2, -0.15) is 0 Å². The van der Waals surface area contributed by atoms with Gasteiger partial charge in [0.1, 0.15) is 22.6 Å². The number of thiophene rings is 1. The van der Waals surface area contributed by atoms with Crippen LogP contribution in [-0.2, 0) is 4.79 Å². The molecule has 0 saturated heterocycles. The molecule has 0 bridgehead atoms. The van der Waals surface area contributed by atoms with Crippen LogP contribution >= 0.6 is 11.3 Å². The lowest BCUT2D eigenvalue weighted by atomic mass is 9.98. The maximum atomic E-state index is 12.0. The Morgan fingerprint density at radius 3 is 2.53 bits per heavy atom. The number of carboxylic acid groups (broad SMARTS) is 1. The number of aliphatic imine (C=N–C) groups is 1. The van der Waals surface area contributed by atoms with Crippen LogP contribution in [0, 0.1) is 26.7 Å². The molecule has 3 heterocycles. The third-order valence-corrected chi connectivity index (χ3v) is 7.79. The second-order valence-electron chi connectivity index (χ2n) is 8.86. The highest BCUT2D eigenvalue weighted by Crippen LogP contribution is 2.40. The number of nitrogens with zero attached hydrogens (tertiary/aromatic N) is 4. The van der Waals surface area contributed by atoms with E-state index in [4.69, 9.17) is 9.73 Å². The molecular weight excluding hydrogens is 474 g/mol. The number of aromatic nitrogens is 3. The van der Waals surface area contributed by atoms with Gasteiger partial charge in [0.25, 0.3) is 0 Å². The predicted molar refractivity (Wildman–Crippen MR) is 141 cm³/mol. The van der Waals surface area contributed by atoms with Gasteiger partial charge in [0, 0.05) is 21.7 Å². The Labute approximate surface area is 213 Å². The van der Waals surface area contributed by atoms with E-state index in [9.17, 15) is 9.90 Å². The first-order chi connectivity index (χ1) is 17.3. The number of hydrogen-bond acceptors (Lipinski definition) is 7. The van der Waals surface area contributed by atoms with E-state index in [-0.39, 0.29) is 0 Å². The number of carbonyl (C=O) groups is 1. The van der Waals surface area contributed by atoms with Crippen LogP contribution in [0.1, 0.15) is 46.2 Å². The molecule has 184 valence electrons. The molecule has 5 rings (SSSR count). The average molecular weight is 502 g/mol. The summed E-state index contributed by atoms with van der Waals surface area (Å²) < 4.78 is 7.42. The van der Waals surface area contributed by atoms with Gasteiger partial charge in [-0.1, -0.05) is 24.3 Å². The molecule has 0 radical (unpaired) electrons. The molecule has 2 aromatic heterocycles. The zero-order valence-electron chi connectivity index (χ0n) is 20.7. The highest BCUT2D eigenvalue weighted by atomic mass is 32.1. The number of fused-ring (bicyclic) bond motifs is 3. The molecule has 0 aliphatic carbocycles. The zero-order valence-corrected chi connectivity index (χ0v) is 21.6. The van der Waals surface area contributed by atoms with Gasteiger partial charge in [0.15, 0.2) is 5.82 Å². The summed E-state index contributed by atoms with van der Waals surface area (Å²) >= 11 is 1.65. The van der Waals surface area contributed by atoms with Crippen LogP contribution in [-0.4, -0.2) is 38.7 Å². The molecule has 2 N–H and O–H groups in total. The fourth-order valence-electron chi connectivity index (χ4n) is 4.43. The molecule has 0 amide bonds. The number of aliphatic carboxylic acids is 1. The monoisotopic (exact) mass is 501 g/mol. The fourth-order valence-corrected chi connectivity index (χ4v) is 5.65. The Balaban J connectivity index is 1.63. The van der Waals surface area contributed by atoms with Crippen molar-refractivity contribution in [3.05, 3.63) is 81.7 Å². The molecule has 8 nitrogen and oxygen atoms in total. The summed E-state index contributed by atoms with van der Waals surface area (Å²) in [6.45, 7) is 7.72. The van der Waals surface area contributed by atoms with Crippen LogP contribution in [0.15, 0.2) is 53.5 Å². The fraction of sp³-hybridized carbons (Fsp3) is 0.259. The molecule has 0 spiro atoms. The van der Waals surface area contributed by atoms with E-state index < -0.39 is 17.9 Å². The highest BCUT2D eigenvalue weighted by Gasteiger charge is 2.36. The third kappa shape index (κ3) is 3.95. The largest absolute Gasteiger partial charge is 0.495 e. The van der Waals surface area contributed by atoms with Crippen molar-refractivity contribution in [2.45, 2.75) is 33.7 Å². The quantitative estimate of drug-likeness (QED) is 0.356. The standard InChI is InChI=1S/C27H27N5O3S/c1-14-16(3)36-26-22(14)24(29-23(15(2)27(33)34)25-31-30-17(4)32(25)26)18-10-12-19(13-11-18)28-20-8-6-7-9-21(20)35-5/h6-13,15,23,28H,1-5H3,(H,33,34)/t15?,23-/m0/s1. The molecule has 36 heavy (non-hydrogen) atoms. The van der Waals surface area contributed by atoms with Gasteiger partial charge in [0.2, 0.25) is 0 Å². The molecule has 1 aliphatic rings. The second-order valence-corrected chi connectivity index (χ2v) is 10.1. The topological polar surface area (TPSA) is 102 Å². The minimum Gasteiger partial charge on any atom is -0.495 e. The first kappa shape index (κ1) is 23.7. The third-order valence-electron chi connectivity index (χ3n) is 6.60. The number of methoxy groups -OCH3 is 1. The van der Waals surface area contributed by atoms with E-state index >= 15 is 0 Å². The van der Waals surface area contributed by atoms with Gasteiger partial charge in [-0.05, 0) is 57.5 Å². The van der Waals surface area contributed by atoms with Crippen LogP contribution in [0.3, 0.4) is 0 Å². The van der Waals surface area contributed by atoms with E-state index in [1.54, 1.807) is 25.4 Å². The number of nitrogens with one attached hydrogen (secondary N) is 1. The molecule has 2 aromatic carbocycles. The average Bonchev–Trinajstić information content (AvgIpc) is 3.34. The van der Waals surface area contributed by atoms with E-state index in [2.05, 4.69) is 29.4 Å². The molecule has 9 heteroatoms. The summed E-state index contributed by atoms with van der Waals surface area (Å²) in [4.78, 5) is 18.3. The number of anilines is 2. The number of ether oxygens (including phenoxy) is 1. The van der Waals surface area contributed by atoms with Crippen molar-refractivity contribution in [3.63, 3.8) is 0 Å². The summed E-state index contributed by atoms with van der Waals surface area (Å²) in [6, 6.07) is 15.1. The van der Waals surface area contributed by atoms with Crippen molar-refractivity contribution in [3.8, 4) is 10.8 Å². The normalized spacial score (nSPS) is 15.4. The number of hydrogen-bond donors (Lipinski definition) is 2. The molecule has 2 atom stereocenters. The molecule has 0 saturated carbocycles. The first-order valence-corrected chi connectivity index (χ1v) is 12.5. The molecular formula is C27H27N5O3S. The van der Waals surface area contributed by atoms with E-state index in [0.29, 0.717) is 11.6 Å². The number of benzene rings is 2. The number of aryl methyl sites for hydroxylation is 2. The van der Waals surface area contributed by atoms with Crippen molar-refractivity contribution in [1.29, 1.82) is 0 Å². The van der Waals surface area contributed by atoms with Gasteiger partial charge >= 0.3 is 5.97 Å². The number of para-hydroxylation sites is 2. The summed E-state index contributed by atoms with van der Waals surface area (Å²) in [5.41, 5.74) is 5.55. The minimum atomic E-state index is -0.926. The number of carboxylic acids is 1. The van der Waals surface area contributed by atoms with Gasteiger partial charge < -0.3 is 15.2 Å². The summed E-state index contributed by atoms with van der Waals surface area (Å²) in [5, 5.41) is 22.9. The minimum absolute atomic E-state index is 0.550. The van der Waals surface area contributed by atoms with E-state index in [0.717, 1.165) is 44.5 Å². The Bertz CT molecular complexity index is 1490. The van der Waals surface area contributed by atoms with Crippen LogP contribution in [0.5, 0.6) is 5.75 Å². The van der Waals surface area contributed by atoms with Crippen molar-refractivity contribution in [2.24, 2.45) is 10.9 Å². The zero-order chi connectivity index (χ0) is 25.6. The Kier molecular flexibility index (Phi) is 6.09. The van der Waals surface area contributed by atoms with Gasteiger partial charge in [0.05, 0.1) is 24.4 Å². The lowest BCUT2D eigenvalue weighted by molar-refractivity contribution is -0.141. The summed E-state index contributed by atoms with van der Waals surface area (Å²) in [6.07, 6.45) is 0. The van der Waals surface area contributed by atoms with Gasteiger partial charge in [-0.15, -0.1) is 21.5 Å².